The van der Waals surface area contributed by atoms with Crippen LogP contribution in [0.3, 0.4) is 0 Å². The number of piperidine rings is 1. The lowest BCUT2D eigenvalue weighted by molar-refractivity contribution is 0.0603. The van der Waals surface area contributed by atoms with Crippen LogP contribution < -0.4 is 5.32 Å². The second-order valence-electron chi connectivity index (χ2n) is 7.06. The number of hydrogen-bond donors (Lipinski definition) is 1. The molecule has 0 aliphatic carbocycles. The summed E-state index contributed by atoms with van der Waals surface area (Å²) in [7, 11) is 1.42. The Kier molecular flexibility index (Phi) is 6.17. The van der Waals surface area contributed by atoms with E-state index in [1.54, 1.807) is 11.3 Å². The summed E-state index contributed by atoms with van der Waals surface area (Å²) in [5.41, 5.74) is 2.48. The maximum absolute atomic E-state index is 12.6. The van der Waals surface area contributed by atoms with Crippen LogP contribution in [0.1, 0.15) is 48.3 Å². The van der Waals surface area contributed by atoms with E-state index in [4.69, 9.17) is 17.0 Å². The number of esters is 1. The molecular formula is C21H26N2O2S2. The molecule has 2 heterocycles. The molecule has 0 spiro atoms. The predicted octanol–water partition coefficient (Wildman–Crippen LogP) is 5.47. The summed E-state index contributed by atoms with van der Waals surface area (Å²) >= 11 is 7.28. The molecule has 144 valence electrons. The van der Waals surface area contributed by atoms with Crippen LogP contribution in [0.25, 0.3) is 11.1 Å². The highest BCUT2D eigenvalue weighted by Gasteiger charge is 2.29. The number of aryl methyl sites for hydroxylation is 1. The molecule has 3 rings (SSSR count). The molecule has 1 fully saturated rings. The molecule has 2 aromatic rings. The summed E-state index contributed by atoms with van der Waals surface area (Å²) in [6.45, 7) is 6.44. The smallest absolute Gasteiger partial charge is 0.341 e. The number of methoxy groups -OCH3 is 1. The minimum Gasteiger partial charge on any atom is -0.465 e. The van der Waals surface area contributed by atoms with E-state index >= 15 is 0 Å². The first-order valence-corrected chi connectivity index (χ1v) is 10.5. The molecule has 2 unspecified atom stereocenters. The fraction of sp³-hybridized carbons (Fsp3) is 0.429. The molecule has 1 aromatic carbocycles. The van der Waals surface area contributed by atoms with Gasteiger partial charge in [0.2, 0.25) is 0 Å². The van der Waals surface area contributed by atoms with Crippen molar-refractivity contribution in [2.45, 2.75) is 52.1 Å². The highest BCUT2D eigenvalue weighted by molar-refractivity contribution is 7.80. The average molecular weight is 403 g/mol. The zero-order valence-corrected chi connectivity index (χ0v) is 17.9. The minimum atomic E-state index is -0.344. The number of carbonyl (C=O) groups excluding carboxylic acids is 1. The number of nitrogens with one attached hydrogen (secondary N) is 1. The predicted molar refractivity (Wildman–Crippen MR) is 117 cm³/mol. The van der Waals surface area contributed by atoms with Gasteiger partial charge in [0.05, 0.1) is 7.11 Å². The zero-order chi connectivity index (χ0) is 19.6. The number of nitrogens with zero attached hydrogens (tertiary/aromatic N) is 1. The Hall–Kier alpha value is -1.92. The molecule has 1 saturated heterocycles. The van der Waals surface area contributed by atoms with Crippen LogP contribution in [0.2, 0.25) is 0 Å². The van der Waals surface area contributed by atoms with Crippen molar-refractivity contribution in [1.29, 1.82) is 0 Å². The SMILES string of the molecule is COC(=O)c1c(NC(=S)N2C(C)CCCC2C)sc(C)c1-c1ccccc1. The quantitative estimate of drug-likeness (QED) is 0.545. The maximum atomic E-state index is 12.6. The van der Waals surface area contributed by atoms with Gasteiger partial charge in [-0.2, -0.15) is 0 Å². The van der Waals surface area contributed by atoms with Gasteiger partial charge in [0.15, 0.2) is 5.11 Å². The number of thiocarbonyl (C=S) groups is 1. The van der Waals surface area contributed by atoms with Crippen molar-refractivity contribution in [2.75, 3.05) is 12.4 Å². The van der Waals surface area contributed by atoms with E-state index in [0.717, 1.165) is 33.8 Å². The Labute approximate surface area is 170 Å². The van der Waals surface area contributed by atoms with Gasteiger partial charge in [-0.1, -0.05) is 30.3 Å². The van der Waals surface area contributed by atoms with Crippen molar-refractivity contribution in [3.8, 4) is 11.1 Å². The molecule has 0 radical (unpaired) electrons. The number of carbonyl (C=O) groups is 1. The molecule has 1 aliphatic rings. The molecule has 1 N–H and O–H groups in total. The Bertz CT molecular complexity index is 822. The van der Waals surface area contributed by atoms with Crippen LogP contribution in [0.5, 0.6) is 0 Å². The zero-order valence-electron chi connectivity index (χ0n) is 16.2. The lowest BCUT2D eigenvalue weighted by Gasteiger charge is -2.40. The number of ether oxygens (including phenoxy) is 1. The monoisotopic (exact) mass is 402 g/mol. The molecule has 2 atom stereocenters. The van der Waals surface area contributed by atoms with Crippen LogP contribution in [0.15, 0.2) is 30.3 Å². The van der Waals surface area contributed by atoms with Crippen LogP contribution in [0, 0.1) is 6.92 Å². The maximum Gasteiger partial charge on any atom is 0.341 e. The van der Waals surface area contributed by atoms with Crippen molar-refractivity contribution in [3.63, 3.8) is 0 Å². The number of hydrogen-bond acceptors (Lipinski definition) is 4. The topological polar surface area (TPSA) is 41.6 Å². The van der Waals surface area contributed by atoms with Gasteiger partial charge in [-0.25, -0.2) is 4.79 Å². The highest BCUT2D eigenvalue weighted by Crippen LogP contribution is 2.40. The van der Waals surface area contributed by atoms with Crippen LogP contribution in [-0.2, 0) is 4.74 Å². The Morgan fingerprint density at radius 1 is 1.22 bits per heavy atom. The molecule has 0 bridgehead atoms. The second-order valence-corrected chi connectivity index (χ2v) is 8.67. The van der Waals surface area contributed by atoms with Gasteiger partial charge in [0.25, 0.3) is 0 Å². The fourth-order valence-corrected chi connectivity index (χ4v) is 5.46. The third kappa shape index (κ3) is 4.01. The largest absolute Gasteiger partial charge is 0.465 e. The van der Waals surface area contributed by atoms with Gasteiger partial charge in [0, 0.05) is 22.5 Å². The number of rotatable bonds is 3. The molecule has 0 saturated carbocycles. The fourth-order valence-electron chi connectivity index (χ4n) is 3.87. The summed E-state index contributed by atoms with van der Waals surface area (Å²) < 4.78 is 5.09. The van der Waals surface area contributed by atoms with E-state index in [-0.39, 0.29) is 5.97 Å². The van der Waals surface area contributed by atoms with Crippen molar-refractivity contribution < 1.29 is 9.53 Å². The third-order valence-electron chi connectivity index (χ3n) is 5.18. The molecule has 0 amide bonds. The van der Waals surface area contributed by atoms with Crippen LogP contribution >= 0.6 is 23.6 Å². The molecular weight excluding hydrogens is 376 g/mol. The molecule has 1 aliphatic heterocycles. The first kappa shape index (κ1) is 19.8. The van der Waals surface area contributed by atoms with E-state index in [1.165, 1.54) is 13.5 Å². The molecule has 4 nitrogen and oxygen atoms in total. The summed E-state index contributed by atoms with van der Waals surface area (Å²) in [4.78, 5) is 15.9. The Morgan fingerprint density at radius 3 is 2.44 bits per heavy atom. The van der Waals surface area contributed by atoms with Crippen LogP contribution in [0.4, 0.5) is 5.00 Å². The number of benzene rings is 1. The van der Waals surface area contributed by atoms with Crippen LogP contribution in [-0.4, -0.2) is 35.2 Å². The van der Waals surface area contributed by atoms with Gasteiger partial charge in [-0.05, 0) is 57.8 Å². The number of likely N-dealkylation sites (tertiary alicyclic amines) is 1. The van der Waals surface area contributed by atoms with E-state index in [1.807, 2.05) is 37.3 Å². The van der Waals surface area contributed by atoms with E-state index in [0.29, 0.717) is 22.8 Å². The van der Waals surface area contributed by atoms with Crippen molar-refractivity contribution in [2.24, 2.45) is 0 Å². The van der Waals surface area contributed by atoms with E-state index in [2.05, 4.69) is 24.1 Å². The lowest BCUT2D eigenvalue weighted by atomic mass is 9.98. The number of thiophene rings is 1. The number of anilines is 1. The van der Waals surface area contributed by atoms with E-state index in [9.17, 15) is 4.79 Å². The second kappa shape index (κ2) is 8.40. The molecule has 1 aromatic heterocycles. The summed E-state index contributed by atoms with van der Waals surface area (Å²) in [6.07, 6.45) is 3.49. The van der Waals surface area contributed by atoms with E-state index < -0.39 is 0 Å². The minimum absolute atomic E-state index is 0.344. The summed E-state index contributed by atoms with van der Waals surface area (Å²) in [5, 5.41) is 4.80. The van der Waals surface area contributed by atoms with Crippen molar-refractivity contribution >= 4 is 39.6 Å². The Morgan fingerprint density at radius 2 is 1.85 bits per heavy atom. The van der Waals surface area contributed by atoms with Gasteiger partial charge >= 0.3 is 5.97 Å². The lowest BCUT2D eigenvalue weighted by Crippen LogP contribution is -2.49. The van der Waals surface area contributed by atoms with Crippen molar-refractivity contribution in [3.05, 3.63) is 40.8 Å². The first-order chi connectivity index (χ1) is 12.9. The average Bonchev–Trinajstić information content (AvgIpc) is 2.97. The van der Waals surface area contributed by atoms with Gasteiger partial charge in [-0.3, -0.25) is 0 Å². The standard InChI is InChI=1S/C21H26N2O2S2/c1-13-9-8-10-14(2)23(13)21(26)22-19-18(20(24)25-4)17(15(3)27-19)16-11-6-5-7-12-16/h5-7,11-14H,8-10H2,1-4H3,(H,22,26). The summed E-state index contributed by atoms with van der Waals surface area (Å²) in [5.74, 6) is -0.344. The Balaban J connectivity index is 1.98. The molecule has 6 heteroatoms. The van der Waals surface area contributed by atoms with Crippen molar-refractivity contribution in [1.82, 2.24) is 4.90 Å². The summed E-state index contributed by atoms with van der Waals surface area (Å²) in [6, 6.07) is 10.7. The normalized spacial score (nSPS) is 19.6. The molecule has 27 heavy (non-hydrogen) atoms. The van der Waals surface area contributed by atoms with Gasteiger partial charge < -0.3 is 15.0 Å². The highest BCUT2D eigenvalue weighted by atomic mass is 32.1. The van der Waals surface area contributed by atoms with Gasteiger partial charge in [-0.15, -0.1) is 11.3 Å². The third-order valence-corrected chi connectivity index (χ3v) is 6.52. The van der Waals surface area contributed by atoms with Gasteiger partial charge in [0.1, 0.15) is 10.6 Å². The first-order valence-electron chi connectivity index (χ1n) is 9.30.